The van der Waals surface area contributed by atoms with Gasteiger partial charge in [-0.1, -0.05) is 0 Å². The molecule has 2 aliphatic rings. The van der Waals surface area contributed by atoms with E-state index in [-0.39, 0.29) is 11.9 Å². The summed E-state index contributed by atoms with van der Waals surface area (Å²) in [5.74, 6) is 0.128. The van der Waals surface area contributed by atoms with Crippen LogP contribution in [-0.2, 0) is 4.79 Å². The highest BCUT2D eigenvalue weighted by molar-refractivity contribution is 5.82. The molecule has 5 heteroatoms. The average molecular weight is 240 g/mol. The van der Waals surface area contributed by atoms with Crippen LogP contribution in [-0.4, -0.2) is 62.2 Å². The molecule has 0 aromatic rings. The maximum absolute atomic E-state index is 11.9. The monoisotopic (exact) mass is 240 g/mol. The van der Waals surface area contributed by atoms with Gasteiger partial charge in [0.05, 0.1) is 6.04 Å². The van der Waals surface area contributed by atoms with E-state index in [9.17, 15) is 4.79 Å². The van der Waals surface area contributed by atoms with Crippen molar-refractivity contribution < 1.29 is 4.79 Å². The SMILES string of the molecule is CC(CNC(=O)C1CNCCN1)N1CCCC1. The molecular weight excluding hydrogens is 216 g/mol. The van der Waals surface area contributed by atoms with Crippen molar-refractivity contribution in [2.75, 3.05) is 39.3 Å². The molecule has 5 nitrogen and oxygen atoms in total. The minimum absolute atomic E-state index is 0.0606. The molecule has 2 aliphatic heterocycles. The zero-order valence-corrected chi connectivity index (χ0v) is 10.7. The van der Waals surface area contributed by atoms with E-state index in [1.54, 1.807) is 0 Å². The van der Waals surface area contributed by atoms with Gasteiger partial charge in [-0.15, -0.1) is 0 Å². The van der Waals surface area contributed by atoms with Crippen LogP contribution < -0.4 is 16.0 Å². The zero-order chi connectivity index (χ0) is 12.1. The summed E-state index contributed by atoms with van der Waals surface area (Å²) >= 11 is 0. The van der Waals surface area contributed by atoms with Gasteiger partial charge in [-0.05, 0) is 32.9 Å². The second-order valence-corrected chi connectivity index (χ2v) is 5.05. The lowest BCUT2D eigenvalue weighted by atomic mass is 10.2. The molecule has 0 aromatic carbocycles. The first kappa shape index (κ1) is 12.8. The second-order valence-electron chi connectivity index (χ2n) is 5.05. The first-order valence-corrected chi connectivity index (χ1v) is 6.73. The van der Waals surface area contributed by atoms with Gasteiger partial charge >= 0.3 is 0 Å². The van der Waals surface area contributed by atoms with E-state index in [2.05, 4.69) is 27.8 Å². The molecule has 2 rings (SSSR count). The van der Waals surface area contributed by atoms with Gasteiger partial charge in [-0.3, -0.25) is 9.69 Å². The first-order valence-electron chi connectivity index (χ1n) is 6.73. The van der Waals surface area contributed by atoms with Crippen molar-refractivity contribution in [3.63, 3.8) is 0 Å². The lowest BCUT2D eigenvalue weighted by molar-refractivity contribution is -0.123. The lowest BCUT2D eigenvalue weighted by Crippen LogP contribution is -2.56. The fourth-order valence-electron chi connectivity index (χ4n) is 2.52. The van der Waals surface area contributed by atoms with Crippen molar-refractivity contribution in [3.05, 3.63) is 0 Å². The molecule has 2 fully saturated rings. The van der Waals surface area contributed by atoms with E-state index in [4.69, 9.17) is 0 Å². The van der Waals surface area contributed by atoms with Crippen molar-refractivity contribution in [2.24, 2.45) is 0 Å². The summed E-state index contributed by atoms with van der Waals surface area (Å²) in [5.41, 5.74) is 0. The number of likely N-dealkylation sites (tertiary alicyclic amines) is 1. The molecule has 2 heterocycles. The number of hydrogen-bond donors (Lipinski definition) is 3. The summed E-state index contributed by atoms with van der Waals surface area (Å²) in [6.45, 7) is 7.88. The highest BCUT2D eigenvalue weighted by Gasteiger charge is 2.22. The van der Waals surface area contributed by atoms with Crippen LogP contribution in [0.3, 0.4) is 0 Å². The topological polar surface area (TPSA) is 56.4 Å². The van der Waals surface area contributed by atoms with Crippen LogP contribution in [0.1, 0.15) is 19.8 Å². The molecule has 2 unspecified atom stereocenters. The fraction of sp³-hybridized carbons (Fsp3) is 0.917. The molecular formula is C12H24N4O. The number of carbonyl (C=O) groups excluding carboxylic acids is 1. The van der Waals surface area contributed by atoms with E-state index < -0.39 is 0 Å². The Bertz CT molecular complexity index is 247. The van der Waals surface area contributed by atoms with Gasteiger partial charge < -0.3 is 16.0 Å². The van der Waals surface area contributed by atoms with Gasteiger partial charge in [-0.25, -0.2) is 0 Å². The second kappa shape index (κ2) is 6.33. The molecule has 2 atom stereocenters. The number of carbonyl (C=O) groups is 1. The quantitative estimate of drug-likeness (QED) is 0.599. The Labute approximate surface area is 103 Å². The Balaban J connectivity index is 1.67. The van der Waals surface area contributed by atoms with Crippen LogP contribution in [0.15, 0.2) is 0 Å². The van der Waals surface area contributed by atoms with Gasteiger partial charge in [0.15, 0.2) is 0 Å². The van der Waals surface area contributed by atoms with Crippen molar-refractivity contribution >= 4 is 5.91 Å². The van der Waals surface area contributed by atoms with Crippen molar-refractivity contribution in [1.82, 2.24) is 20.9 Å². The molecule has 98 valence electrons. The van der Waals surface area contributed by atoms with Crippen molar-refractivity contribution in [2.45, 2.75) is 31.8 Å². The minimum Gasteiger partial charge on any atom is -0.353 e. The molecule has 17 heavy (non-hydrogen) atoms. The van der Waals surface area contributed by atoms with Crippen LogP contribution in [0, 0.1) is 0 Å². The fourth-order valence-corrected chi connectivity index (χ4v) is 2.52. The first-order chi connectivity index (χ1) is 8.27. The number of piperazine rings is 1. The maximum Gasteiger partial charge on any atom is 0.238 e. The van der Waals surface area contributed by atoms with Crippen LogP contribution in [0.5, 0.6) is 0 Å². The molecule has 0 radical (unpaired) electrons. The third-order valence-corrected chi connectivity index (χ3v) is 3.69. The number of nitrogens with one attached hydrogen (secondary N) is 3. The van der Waals surface area contributed by atoms with Gasteiger partial charge in [0, 0.05) is 32.2 Å². The summed E-state index contributed by atoms with van der Waals surface area (Å²) in [7, 11) is 0. The highest BCUT2D eigenvalue weighted by atomic mass is 16.2. The summed E-state index contributed by atoms with van der Waals surface area (Å²) in [6, 6.07) is 0.396. The molecule has 1 amide bonds. The van der Waals surface area contributed by atoms with E-state index in [1.807, 2.05) is 0 Å². The molecule has 0 aliphatic carbocycles. The summed E-state index contributed by atoms with van der Waals surface area (Å²) in [4.78, 5) is 14.3. The van der Waals surface area contributed by atoms with Crippen LogP contribution in [0.2, 0.25) is 0 Å². The van der Waals surface area contributed by atoms with E-state index in [0.29, 0.717) is 6.04 Å². The molecule has 0 spiro atoms. The molecule has 2 saturated heterocycles. The van der Waals surface area contributed by atoms with E-state index in [1.165, 1.54) is 25.9 Å². The number of rotatable bonds is 4. The standard InChI is InChI=1S/C12H24N4O/c1-10(16-6-2-3-7-16)8-15-12(17)11-9-13-4-5-14-11/h10-11,13-14H,2-9H2,1H3,(H,15,17). The summed E-state index contributed by atoms with van der Waals surface area (Å²) in [6.07, 6.45) is 2.60. The van der Waals surface area contributed by atoms with Crippen molar-refractivity contribution in [3.8, 4) is 0 Å². The maximum atomic E-state index is 11.9. The molecule has 3 N–H and O–H groups in total. The summed E-state index contributed by atoms with van der Waals surface area (Å²) in [5, 5.41) is 9.49. The van der Waals surface area contributed by atoms with Crippen molar-refractivity contribution in [1.29, 1.82) is 0 Å². The van der Waals surface area contributed by atoms with E-state index in [0.717, 1.165) is 26.2 Å². The average Bonchev–Trinajstić information content (AvgIpc) is 2.90. The predicted molar refractivity (Wildman–Crippen MR) is 67.9 cm³/mol. The lowest BCUT2D eigenvalue weighted by Gasteiger charge is -2.27. The Kier molecular flexibility index (Phi) is 4.76. The number of hydrogen-bond acceptors (Lipinski definition) is 4. The van der Waals surface area contributed by atoms with Crippen LogP contribution in [0.4, 0.5) is 0 Å². The van der Waals surface area contributed by atoms with E-state index >= 15 is 0 Å². The van der Waals surface area contributed by atoms with Crippen LogP contribution in [0.25, 0.3) is 0 Å². The molecule has 0 saturated carbocycles. The van der Waals surface area contributed by atoms with Gasteiger partial charge in [0.25, 0.3) is 0 Å². The Morgan fingerprint density at radius 3 is 2.82 bits per heavy atom. The highest BCUT2D eigenvalue weighted by Crippen LogP contribution is 2.10. The normalized spacial score (nSPS) is 27.9. The molecule has 0 bridgehead atoms. The Morgan fingerprint density at radius 1 is 1.41 bits per heavy atom. The predicted octanol–water partition coefficient (Wildman–Crippen LogP) is -0.852. The largest absolute Gasteiger partial charge is 0.353 e. The zero-order valence-electron chi connectivity index (χ0n) is 10.7. The number of nitrogens with zero attached hydrogens (tertiary/aromatic N) is 1. The molecule has 0 aromatic heterocycles. The smallest absolute Gasteiger partial charge is 0.238 e. The van der Waals surface area contributed by atoms with Crippen LogP contribution >= 0.6 is 0 Å². The number of amides is 1. The third kappa shape index (κ3) is 3.66. The third-order valence-electron chi connectivity index (χ3n) is 3.69. The minimum atomic E-state index is -0.0606. The Morgan fingerprint density at radius 2 is 2.18 bits per heavy atom. The Hall–Kier alpha value is -0.650. The van der Waals surface area contributed by atoms with Gasteiger partial charge in [-0.2, -0.15) is 0 Å². The summed E-state index contributed by atoms with van der Waals surface area (Å²) < 4.78 is 0. The van der Waals surface area contributed by atoms with Gasteiger partial charge in [0.2, 0.25) is 5.91 Å². The van der Waals surface area contributed by atoms with Gasteiger partial charge in [0.1, 0.15) is 0 Å².